The molecule has 0 amide bonds. The Morgan fingerprint density at radius 2 is 1.45 bits per heavy atom. The molecular formula is C46H57F3IrNO3S-. The number of benzene rings is 2. The predicted molar refractivity (Wildman–Crippen MR) is 219 cm³/mol. The molecule has 1 N–H and O–H groups in total. The van der Waals surface area contributed by atoms with Gasteiger partial charge in [0.05, 0.1) is 10.4 Å². The van der Waals surface area contributed by atoms with Crippen LogP contribution >= 0.6 is 11.3 Å². The molecule has 301 valence electrons. The van der Waals surface area contributed by atoms with Crippen LogP contribution in [0.25, 0.3) is 42.8 Å². The molecule has 3 heterocycles. The van der Waals surface area contributed by atoms with E-state index in [1.165, 1.54) is 18.3 Å². The number of alkyl halides is 3. The number of thiophene rings is 1. The average molecular weight is 953 g/mol. The van der Waals surface area contributed by atoms with Gasteiger partial charge in [-0.05, 0) is 54.7 Å². The first-order valence-corrected chi connectivity index (χ1v) is 19.8. The minimum Gasteiger partial charge on any atom is -0.512 e. The van der Waals surface area contributed by atoms with E-state index in [1.807, 2.05) is 65.8 Å². The van der Waals surface area contributed by atoms with Gasteiger partial charge in [-0.1, -0.05) is 112 Å². The van der Waals surface area contributed by atoms with E-state index in [-0.39, 0.29) is 69.3 Å². The predicted octanol–water partition coefficient (Wildman–Crippen LogP) is 14.7. The van der Waals surface area contributed by atoms with E-state index in [1.54, 1.807) is 12.1 Å². The van der Waals surface area contributed by atoms with Gasteiger partial charge in [0, 0.05) is 65.4 Å². The van der Waals surface area contributed by atoms with Gasteiger partial charge in [-0.3, -0.25) is 9.78 Å². The molecule has 0 saturated heterocycles. The van der Waals surface area contributed by atoms with Crippen molar-refractivity contribution in [3.05, 3.63) is 89.5 Å². The van der Waals surface area contributed by atoms with E-state index in [4.69, 9.17) is 4.42 Å². The molecule has 1 radical (unpaired) electrons. The summed E-state index contributed by atoms with van der Waals surface area (Å²) in [6.45, 7) is 24.7. The molecule has 5 rings (SSSR count). The number of rotatable bonds is 10. The number of halogens is 3. The SMILES string of the molecule is CC(C)(C)Cc1ccc(-c2sc3c(-c4[c-]c5ccccc5c(C(C)(C)C)c4)nccc3c2C(F)(F)F)o1.CCC(C)(CC)C(=O)/C=C(\O)C(C)(CC)CC.[Ir]. The van der Waals surface area contributed by atoms with Crippen LogP contribution in [-0.2, 0) is 42.9 Å². The third kappa shape index (κ3) is 10.4. The van der Waals surface area contributed by atoms with E-state index in [0.717, 1.165) is 53.4 Å². The van der Waals surface area contributed by atoms with Gasteiger partial charge in [0.2, 0.25) is 0 Å². The van der Waals surface area contributed by atoms with Gasteiger partial charge in [-0.2, -0.15) is 13.2 Å². The number of carbonyl (C=O) groups excluding carboxylic acids is 1. The van der Waals surface area contributed by atoms with Gasteiger partial charge in [-0.15, -0.1) is 40.5 Å². The molecule has 0 fully saturated rings. The molecular weight excluding hydrogens is 896 g/mol. The van der Waals surface area contributed by atoms with Gasteiger partial charge in [-0.25, -0.2) is 0 Å². The number of furan rings is 1. The first kappa shape index (κ1) is 46.1. The average Bonchev–Trinajstić information content (AvgIpc) is 3.74. The van der Waals surface area contributed by atoms with Crippen LogP contribution in [0.4, 0.5) is 13.2 Å². The quantitative estimate of drug-likeness (QED) is 0.0861. The molecule has 0 unspecified atom stereocenters. The van der Waals surface area contributed by atoms with Gasteiger partial charge in [0.25, 0.3) is 0 Å². The first-order valence-electron chi connectivity index (χ1n) is 19.0. The van der Waals surface area contributed by atoms with E-state index in [9.17, 15) is 23.1 Å². The van der Waals surface area contributed by atoms with Crippen molar-refractivity contribution in [3.63, 3.8) is 0 Å². The molecule has 2 aromatic carbocycles. The number of nitrogens with zero attached hydrogens (tertiary/aromatic N) is 1. The first-order chi connectivity index (χ1) is 25.0. The minimum absolute atomic E-state index is 0. The third-order valence-corrected chi connectivity index (χ3v) is 12.1. The monoisotopic (exact) mass is 953 g/mol. The Morgan fingerprint density at radius 1 is 0.855 bits per heavy atom. The second-order valence-electron chi connectivity index (χ2n) is 17.2. The van der Waals surface area contributed by atoms with Crippen LogP contribution in [-0.4, -0.2) is 15.9 Å². The fraction of sp³-hybridized carbons (Fsp3) is 0.478. The summed E-state index contributed by atoms with van der Waals surface area (Å²) in [4.78, 5) is 16.8. The van der Waals surface area contributed by atoms with Gasteiger partial charge < -0.3 is 9.52 Å². The molecule has 0 spiro atoms. The molecule has 0 atom stereocenters. The zero-order valence-corrected chi connectivity index (χ0v) is 37.6. The van der Waals surface area contributed by atoms with Crippen molar-refractivity contribution >= 4 is 38.0 Å². The number of pyridine rings is 1. The van der Waals surface area contributed by atoms with Crippen LogP contribution in [0.3, 0.4) is 0 Å². The Labute approximate surface area is 343 Å². The summed E-state index contributed by atoms with van der Waals surface area (Å²) in [5.74, 6) is 1.19. The number of aliphatic hydroxyl groups is 1. The number of aliphatic hydroxyl groups excluding tert-OH is 1. The second-order valence-corrected chi connectivity index (χ2v) is 18.2. The second kappa shape index (κ2) is 17.5. The maximum Gasteiger partial charge on any atom is 0.418 e. The zero-order valence-electron chi connectivity index (χ0n) is 34.4. The number of allylic oxidation sites excluding steroid dienone is 2. The third-order valence-electron chi connectivity index (χ3n) is 10.9. The Bertz CT molecular complexity index is 2120. The minimum atomic E-state index is -4.55. The molecule has 3 aromatic heterocycles. The van der Waals surface area contributed by atoms with Crippen LogP contribution in [0.1, 0.15) is 126 Å². The maximum atomic E-state index is 14.5. The molecule has 5 aromatic rings. The molecule has 9 heteroatoms. The number of hydrogen-bond donors (Lipinski definition) is 1. The molecule has 4 nitrogen and oxygen atoms in total. The van der Waals surface area contributed by atoms with E-state index < -0.39 is 11.7 Å². The van der Waals surface area contributed by atoms with Gasteiger partial charge in [0.1, 0.15) is 17.3 Å². The largest absolute Gasteiger partial charge is 0.512 e. The van der Waals surface area contributed by atoms with Crippen molar-refractivity contribution in [2.45, 2.75) is 127 Å². The fourth-order valence-electron chi connectivity index (χ4n) is 6.45. The topological polar surface area (TPSA) is 63.3 Å². The summed E-state index contributed by atoms with van der Waals surface area (Å²) in [6.07, 6.45) is 2.29. The summed E-state index contributed by atoms with van der Waals surface area (Å²) < 4.78 is 49.9. The van der Waals surface area contributed by atoms with Crippen molar-refractivity contribution in [1.29, 1.82) is 0 Å². The number of aromatic nitrogens is 1. The molecule has 55 heavy (non-hydrogen) atoms. The Hall–Kier alpha value is -3.26. The van der Waals surface area contributed by atoms with E-state index in [0.29, 0.717) is 28.1 Å². The number of fused-ring (bicyclic) bond motifs is 2. The van der Waals surface area contributed by atoms with E-state index in [2.05, 4.69) is 58.7 Å². The van der Waals surface area contributed by atoms with Crippen molar-refractivity contribution in [2.24, 2.45) is 16.2 Å². The molecule has 0 saturated carbocycles. The fourth-order valence-corrected chi connectivity index (χ4v) is 7.73. The number of carbonyl (C=O) groups is 1. The molecule has 0 aliphatic carbocycles. The number of hydrogen-bond acceptors (Lipinski definition) is 5. The smallest absolute Gasteiger partial charge is 0.418 e. The summed E-state index contributed by atoms with van der Waals surface area (Å²) >= 11 is 1.08. The summed E-state index contributed by atoms with van der Waals surface area (Å²) in [6, 6.07) is 18.3. The summed E-state index contributed by atoms with van der Waals surface area (Å²) in [7, 11) is 0. The standard InChI is InChI=1S/C31H29F3NOS.C15H28O2.Ir/c1-29(2,3)17-20-11-12-24(36-20)28-25(31(32,33)34)22-13-14-35-26(27(22)37-28)19-15-18-9-7-8-10-21(18)23(16-19)30(4,5)6;1-7-14(5,8-2)12(16)11-13(17)15(6,9-3)10-4;/h7-14,16H,17H2,1-6H3;11,16H,7-10H2,1-6H3;/q-1;;/b;12-11-;. The van der Waals surface area contributed by atoms with Crippen molar-refractivity contribution in [1.82, 2.24) is 4.98 Å². The Kier molecular flexibility index (Phi) is 14.7. The molecule has 0 aliphatic rings. The Balaban J connectivity index is 0.000000385. The molecule has 0 aliphatic heterocycles. The van der Waals surface area contributed by atoms with Crippen LogP contribution in [0.15, 0.2) is 71.0 Å². The van der Waals surface area contributed by atoms with Gasteiger partial charge >= 0.3 is 6.18 Å². The van der Waals surface area contributed by atoms with Crippen molar-refractivity contribution in [3.8, 4) is 21.9 Å². The summed E-state index contributed by atoms with van der Waals surface area (Å²) in [5.41, 5.74) is 0.781. The maximum absolute atomic E-state index is 14.5. The van der Waals surface area contributed by atoms with Crippen molar-refractivity contribution < 1.29 is 47.6 Å². The summed E-state index contributed by atoms with van der Waals surface area (Å²) in [5, 5.41) is 12.3. The Morgan fingerprint density at radius 3 is 2.00 bits per heavy atom. The molecule has 0 bridgehead atoms. The number of ketones is 1. The van der Waals surface area contributed by atoms with Crippen LogP contribution in [0.5, 0.6) is 0 Å². The van der Waals surface area contributed by atoms with Crippen LogP contribution in [0, 0.1) is 22.3 Å². The van der Waals surface area contributed by atoms with Crippen LogP contribution < -0.4 is 0 Å². The van der Waals surface area contributed by atoms with Crippen LogP contribution in [0.2, 0.25) is 0 Å². The van der Waals surface area contributed by atoms with Gasteiger partial charge in [0.15, 0.2) is 5.78 Å². The normalized spacial score (nSPS) is 13.1. The van der Waals surface area contributed by atoms with E-state index >= 15 is 0 Å². The zero-order chi connectivity index (χ0) is 40.4. The van der Waals surface area contributed by atoms with Crippen molar-refractivity contribution in [2.75, 3.05) is 0 Å².